The van der Waals surface area contributed by atoms with Crippen molar-refractivity contribution in [2.75, 3.05) is 12.4 Å². The van der Waals surface area contributed by atoms with Crippen molar-refractivity contribution in [3.05, 3.63) is 29.8 Å². The van der Waals surface area contributed by atoms with Crippen LogP contribution in [0, 0.1) is 5.41 Å². The molecule has 9 heteroatoms. The number of carboxylic acid groups (broad SMARTS) is 1. The van der Waals surface area contributed by atoms with Gasteiger partial charge in [-0.1, -0.05) is 0 Å². The molecule has 1 rings (SSSR count). The maximum Gasteiger partial charge on any atom is 0.305 e. The monoisotopic (exact) mass is 378 g/mol. The van der Waals surface area contributed by atoms with Crippen LogP contribution >= 0.6 is 0 Å². The molecule has 0 radical (unpaired) electrons. The first-order valence-corrected chi connectivity index (χ1v) is 8.49. The highest BCUT2D eigenvalue weighted by Crippen LogP contribution is 2.10. The number of amides is 2. The topological polar surface area (TPSA) is 155 Å². The Morgan fingerprint density at radius 1 is 1.19 bits per heavy atom. The molecule has 0 aromatic heterocycles. The second kappa shape index (κ2) is 10.9. The minimum absolute atomic E-state index is 0.0418. The number of hydrogen-bond donors (Lipinski definition) is 5. The lowest BCUT2D eigenvalue weighted by Gasteiger charge is -2.20. The van der Waals surface area contributed by atoms with Gasteiger partial charge in [0.15, 0.2) is 0 Å². The van der Waals surface area contributed by atoms with E-state index < -0.39 is 17.9 Å². The summed E-state index contributed by atoms with van der Waals surface area (Å²) in [7, 11) is 1.51. The Morgan fingerprint density at radius 2 is 1.78 bits per heavy atom. The Morgan fingerprint density at radius 3 is 2.30 bits per heavy atom. The van der Waals surface area contributed by atoms with Gasteiger partial charge in [-0.25, -0.2) is 0 Å². The van der Waals surface area contributed by atoms with Crippen LogP contribution < -0.4 is 16.4 Å². The molecule has 0 fully saturated rings. The summed E-state index contributed by atoms with van der Waals surface area (Å²) < 4.78 is 5.10. The van der Waals surface area contributed by atoms with Crippen LogP contribution in [0.3, 0.4) is 0 Å². The largest absolute Gasteiger partial charge is 0.481 e. The molecule has 148 valence electrons. The van der Waals surface area contributed by atoms with Gasteiger partial charge in [0.2, 0.25) is 11.8 Å². The Bertz CT molecular complexity index is 675. The average Bonchev–Trinajstić information content (AvgIpc) is 2.59. The second-order valence-corrected chi connectivity index (χ2v) is 6.18. The van der Waals surface area contributed by atoms with Crippen molar-refractivity contribution in [1.29, 1.82) is 5.41 Å². The molecule has 0 saturated heterocycles. The zero-order valence-electron chi connectivity index (χ0n) is 15.5. The fourth-order valence-electron chi connectivity index (χ4n) is 2.38. The van der Waals surface area contributed by atoms with Gasteiger partial charge in [0.05, 0.1) is 12.5 Å². The minimum Gasteiger partial charge on any atom is -0.481 e. The number of amidine groups is 1. The number of anilines is 1. The third-order valence-electron chi connectivity index (χ3n) is 3.86. The summed E-state index contributed by atoms with van der Waals surface area (Å²) in [6.45, 7) is 1.78. The van der Waals surface area contributed by atoms with E-state index in [4.69, 9.17) is 21.0 Å². The quantitative estimate of drug-likeness (QED) is 0.287. The molecule has 1 aromatic rings. The lowest BCUT2D eigenvalue weighted by atomic mass is 10.1. The summed E-state index contributed by atoms with van der Waals surface area (Å²) in [6.07, 6.45) is -0.150. The number of nitrogens with two attached hydrogens (primary N) is 1. The minimum atomic E-state index is -1.02. The highest BCUT2D eigenvalue weighted by Gasteiger charge is 2.19. The van der Waals surface area contributed by atoms with E-state index in [1.807, 2.05) is 0 Å². The number of rotatable bonds is 11. The SMILES string of the molecule is COC(C)CC(CC(=O)O)NC(=O)CCC(=O)Nc1ccc(C(=N)N)cc1. The predicted molar refractivity (Wildman–Crippen MR) is 101 cm³/mol. The van der Waals surface area contributed by atoms with Gasteiger partial charge in [0.1, 0.15) is 5.84 Å². The number of hydrogen-bond acceptors (Lipinski definition) is 5. The van der Waals surface area contributed by atoms with Gasteiger partial charge >= 0.3 is 5.97 Å². The van der Waals surface area contributed by atoms with Gasteiger partial charge in [0, 0.05) is 37.2 Å². The molecule has 0 saturated carbocycles. The van der Waals surface area contributed by atoms with E-state index in [1.54, 1.807) is 31.2 Å². The first kappa shape index (κ1) is 22.1. The first-order valence-electron chi connectivity index (χ1n) is 8.49. The van der Waals surface area contributed by atoms with Crippen LogP contribution in [0.1, 0.15) is 38.2 Å². The van der Waals surface area contributed by atoms with E-state index in [1.165, 1.54) is 7.11 Å². The molecule has 2 amide bonds. The lowest BCUT2D eigenvalue weighted by molar-refractivity contribution is -0.138. The summed E-state index contributed by atoms with van der Waals surface area (Å²) in [4.78, 5) is 34.9. The number of methoxy groups -OCH3 is 1. The number of carbonyl (C=O) groups excluding carboxylic acids is 2. The molecule has 2 atom stereocenters. The van der Waals surface area contributed by atoms with E-state index in [0.717, 1.165) is 0 Å². The van der Waals surface area contributed by atoms with E-state index >= 15 is 0 Å². The molecular weight excluding hydrogens is 352 g/mol. The summed E-state index contributed by atoms with van der Waals surface area (Å²) in [6, 6.07) is 5.89. The Hall–Kier alpha value is -2.94. The van der Waals surface area contributed by atoms with Gasteiger partial charge in [-0.2, -0.15) is 0 Å². The number of ether oxygens (including phenoxy) is 1. The Balaban J connectivity index is 2.47. The van der Waals surface area contributed by atoms with Crippen LogP contribution in [0.15, 0.2) is 24.3 Å². The molecule has 0 aliphatic carbocycles. The van der Waals surface area contributed by atoms with Gasteiger partial charge in [0.25, 0.3) is 0 Å². The highest BCUT2D eigenvalue weighted by atomic mass is 16.5. The molecule has 0 aliphatic heterocycles. The van der Waals surface area contributed by atoms with Gasteiger partial charge < -0.3 is 26.2 Å². The zero-order chi connectivity index (χ0) is 20.4. The molecule has 6 N–H and O–H groups in total. The molecule has 27 heavy (non-hydrogen) atoms. The van der Waals surface area contributed by atoms with E-state index in [2.05, 4.69) is 10.6 Å². The molecule has 2 unspecified atom stereocenters. The highest BCUT2D eigenvalue weighted by molar-refractivity contribution is 5.96. The van der Waals surface area contributed by atoms with Crippen LogP contribution in [-0.2, 0) is 19.1 Å². The van der Waals surface area contributed by atoms with Gasteiger partial charge in [-0.15, -0.1) is 0 Å². The molecule has 0 bridgehead atoms. The first-order chi connectivity index (χ1) is 12.7. The van der Waals surface area contributed by atoms with Crippen LogP contribution in [-0.4, -0.2) is 48.0 Å². The predicted octanol–water partition coefficient (Wildman–Crippen LogP) is 1.07. The summed E-state index contributed by atoms with van der Waals surface area (Å²) >= 11 is 0. The summed E-state index contributed by atoms with van der Waals surface area (Å²) in [5.74, 6) is -1.83. The number of benzene rings is 1. The Labute approximate surface area is 157 Å². The van der Waals surface area contributed by atoms with Crippen molar-refractivity contribution >= 4 is 29.3 Å². The second-order valence-electron chi connectivity index (χ2n) is 6.18. The van der Waals surface area contributed by atoms with Crippen molar-refractivity contribution in [3.8, 4) is 0 Å². The maximum atomic E-state index is 12.0. The van der Waals surface area contributed by atoms with E-state index in [-0.39, 0.29) is 37.1 Å². The lowest BCUT2D eigenvalue weighted by Crippen LogP contribution is -2.39. The van der Waals surface area contributed by atoms with Crippen LogP contribution in [0.2, 0.25) is 0 Å². The summed E-state index contributed by atoms with van der Waals surface area (Å²) in [5.41, 5.74) is 6.44. The van der Waals surface area contributed by atoms with E-state index in [0.29, 0.717) is 17.7 Å². The Kier molecular flexibility index (Phi) is 8.94. The van der Waals surface area contributed by atoms with Gasteiger partial charge in [-0.3, -0.25) is 19.8 Å². The normalized spacial score (nSPS) is 12.7. The fraction of sp³-hybridized carbons (Fsp3) is 0.444. The van der Waals surface area contributed by atoms with Crippen molar-refractivity contribution < 1.29 is 24.2 Å². The fourth-order valence-corrected chi connectivity index (χ4v) is 2.38. The van der Waals surface area contributed by atoms with Crippen LogP contribution in [0.4, 0.5) is 5.69 Å². The van der Waals surface area contributed by atoms with Crippen LogP contribution in [0.5, 0.6) is 0 Å². The smallest absolute Gasteiger partial charge is 0.305 e. The van der Waals surface area contributed by atoms with Crippen LogP contribution in [0.25, 0.3) is 0 Å². The molecule has 0 spiro atoms. The number of aliphatic carboxylic acids is 1. The number of nitrogens with one attached hydrogen (secondary N) is 3. The third-order valence-corrected chi connectivity index (χ3v) is 3.86. The molecule has 9 nitrogen and oxygen atoms in total. The van der Waals surface area contributed by atoms with E-state index in [9.17, 15) is 14.4 Å². The van der Waals surface area contributed by atoms with Crippen molar-refractivity contribution in [2.45, 2.75) is 44.8 Å². The molecular formula is C18H26N4O5. The third kappa shape index (κ3) is 8.82. The zero-order valence-corrected chi connectivity index (χ0v) is 15.5. The number of carbonyl (C=O) groups is 3. The molecule has 0 aliphatic rings. The number of carboxylic acids is 1. The standard InChI is InChI=1S/C18H26N4O5/c1-11(27-2)9-14(10-17(25)26)22-16(24)8-7-15(23)21-13-5-3-12(4-6-13)18(19)20/h3-6,11,14H,7-10H2,1-2H3,(H3,19,20)(H,21,23)(H,22,24)(H,25,26). The van der Waals surface area contributed by atoms with Crippen molar-refractivity contribution in [1.82, 2.24) is 5.32 Å². The number of nitrogen functional groups attached to an aromatic ring is 1. The molecule has 0 heterocycles. The van der Waals surface area contributed by atoms with Crippen molar-refractivity contribution in [3.63, 3.8) is 0 Å². The van der Waals surface area contributed by atoms with Gasteiger partial charge in [-0.05, 0) is 37.6 Å². The maximum absolute atomic E-state index is 12.0. The molecule has 1 aromatic carbocycles. The van der Waals surface area contributed by atoms with Crippen molar-refractivity contribution in [2.24, 2.45) is 5.73 Å². The summed E-state index contributed by atoms with van der Waals surface area (Å²) in [5, 5.41) is 21.5. The average molecular weight is 378 g/mol.